The Bertz CT molecular complexity index is 1190. The molecule has 2 N–H and O–H groups in total. The van der Waals surface area contributed by atoms with Crippen molar-refractivity contribution in [2.24, 2.45) is 5.10 Å². The third-order valence-electron chi connectivity index (χ3n) is 4.23. The van der Waals surface area contributed by atoms with Gasteiger partial charge >= 0.3 is 0 Å². The first kappa shape index (κ1) is 21.9. The first-order valence-electron chi connectivity index (χ1n) is 9.36. The zero-order chi connectivity index (χ0) is 22.9. The molecule has 3 rings (SSSR count). The molecule has 32 heavy (non-hydrogen) atoms. The molecule has 0 heterocycles. The van der Waals surface area contributed by atoms with E-state index in [2.05, 4.69) is 15.8 Å². The molecule has 0 unspecified atom stereocenters. The second-order valence-corrected chi connectivity index (χ2v) is 6.44. The van der Waals surface area contributed by atoms with Crippen LogP contribution in [0.15, 0.2) is 89.7 Å². The van der Waals surface area contributed by atoms with Crippen molar-refractivity contribution in [3.63, 3.8) is 0 Å². The van der Waals surface area contributed by atoms with Crippen LogP contribution in [0.1, 0.15) is 21.5 Å². The van der Waals surface area contributed by atoms with Gasteiger partial charge in [0.25, 0.3) is 17.5 Å². The van der Waals surface area contributed by atoms with Gasteiger partial charge in [-0.2, -0.15) is 5.10 Å². The number of nitro groups is 1. The zero-order valence-corrected chi connectivity index (χ0v) is 16.6. The monoisotopic (exact) mass is 429 g/mol. The molecule has 160 valence electrons. The minimum atomic E-state index is -0.826. The Morgan fingerprint density at radius 3 is 2.22 bits per heavy atom. The summed E-state index contributed by atoms with van der Waals surface area (Å²) in [5.41, 5.74) is 2.50. The number of hydrogen-bond donors (Lipinski definition) is 2. The molecule has 0 aliphatic carbocycles. The molecular weight excluding hydrogens is 412 g/mol. The van der Waals surface area contributed by atoms with Crippen LogP contribution in [0.3, 0.4) is 0 Å². The van der Waals surface area contributed by atoms with E-state index >= 15 is 0 Å². The maximum absolute atomic E-state index is 12.7. The van der Waals surface area contributed by atoms with Crippen molar-refractivity contribution in [2.75, 3.05) is 0 Å². The van der Waals surface area contributed by atoms with Crippen LogP contribution in [0.25, 0.3) is 6.08 Å². The number of carbonyl (C=O) groups excluding carboxylic acids is 2. The predicted molar refractivity (Wildman–Crippen MR) is 117 cm³/mol. The summed E-state index contributed by atoms with van der Waals surface area (Å²) >= 11 is 0. The predicted octanol–water partition coefficient (Wildman–Crippen LogP) is 2.59. The van der Waals surface area contributed by atoms with E-state index in [1.807, 2.05) is 6.07 Å². The van der Waals surface area contributed by atoms with Gasteiger partial charge in [0.2, 0.25) is 0 Å². The van der Waals surface area contributed by atoms with E-state index in [0.29, 0.717) is 11.1 Å². The number of nitrogens with zero attached hydrogens (tertiary/aromatic N) is 2. The lowest BCUT2D eigenvalue weighted by atomic mass is 10.1. The highest BCUT2D eigenvalue weighted by molar-refractivity contribution is 6.05. The Hall–Kier alpha value is -4.79. The lowest BCUT2D eigenvalue weighted by molar-refractivity contribution is -0.398. The van der Waals surface area contributed by atoms with E-state index in [0.717, 1.165) is 12.3 Å². The van der Waals surface area contributed by atoms with Crippen molar-refractivity contribution >= 4 is 29.8 Å². The second-order valence-electron chi connectivity index (χ2n) is 6.44. The Morgan fingerprint density at radius 2 is 1.56 bits per heavy atom. The van der Waals surface area contributed by atoms with Gasteiger partial charge in [-0.15, -0.1) is 0 Å². The van der Waals surface area contributed by atoms with Gasteiger partial charge in [0.15, 0.2) is 0 Å². The molecule has 2 amide bonds. The molecule has 0 radical (unpaired) electrons. The van der Waals surface area contributed by atoms with Gasteiger partial charge in [0, 0.05) is 11.6 Å². The molecule has 0 saturated heterocycles. The Labute approximate surface area is 182 Å². The second kappa shape index (κ2) is 10.3. The van der Waals surface area contributed by atoms with Crippen LogP contribution in [0.4, 0.5) is 5.69 Å². The third kappa shape index (κ3) is 5.63. The molecule has 3 aromatic rings. The molecule has 0 saturated carbocycles. The van der Waals surface area contributed by atoms with Gasteiger partial charge in [0.1, 0.15) is 5.70 Å². The SMILES string of the molecule is O=C(N/N=C\c1cccc([N+](=O)[O-])c1[O-])/C(=C/c1ccccc1)NC(=O)c1ccccc1. The van der Waals surface area contributed by atoms with Gasteiger partial charge < -0.3 is 10.4 Å². The summed E-state index contributed by atoms with van der Waals surface area (Å²) in [6.45, 7) is 0. The average molecular weight is 429 g/mol. The summed E-state index contributed by atoms with van der Waals surface area (Å²) in [4.78, 5) is 35.3. The number of benzene rings is 3. The van der Waals surface area contributed by atoms with Crippen molar-refractivity contribution < 1.29 is 19.6 Å². The molecule has 0 aliphatic heterocycles. The molecule has 9 nitrogen and oxygen atoms in total. The third-order valence-corrected chi connectivity index (χ3v) is 4.23. The van der Waals surface area contributed by atoms with Crippen LogP contribution in [0, 0.1) is 10.1 Å². The van der Waals surface area contributed by atoms with Crippen molar-refractivity contribution in [1.29, 1.82) is 0 Å². The van der Waals surface area contributed by atoms with Crippen molar-refractivity contribution in [1.82, 2.24) is 10.7 Å². The van der Waals surface area contributed by atoms with Crippen LogP contribution in [-0.2, 0) is 4.79 Å². The number of carbonyl (C=O) groups is 2. The Balaban J connectivity index is 1.80. The maximum Gasteiger partial charge on any atom is 0.287 e. The van der Waals surface area contributed by atoms with Gasteiger partial charge in [-0.1, -0.05) is 60.7 Å². The topological polar surface area (TPSA) is 137 Å². The van der Waals surface area contributed by atoms with Crippen molar-refractivity contribution in [3.8, 4) is 5.75 Å². The van der Waals surface area contributed by atoms with Crippen molar-refractivity contribution in [3.05, 3.63) is 111 Å². The van der Waals surface area contributed by atoms with Crippen LogP contribution in [0.5, 0.6) is 5.75 Å². The maximum atomic E-state index is 12.7. The van der Waals surface area contributed by atoms with Gasteiger partial charge in [-0.05, 0) is 35.1 Å². The molecule has 3 aromatic carbocycles. The van der Waals surface area contributed by atoms with Crippen molar-refractivity contribution in [2.45, 2.75) is 0 Å². The minimum Gasteiger partial charge on any atom is -0.867 e. The summed E-state index contributed by atoms with van der Waals surface area (Å²) in [6, 6.07) is 21.0. The smallest absolute Gasteiger partial charge is 0.287 e. The van der Waals surface area contributed by atoms with E-state index in [1.54, 1.807) is 54.6 Å². The number of para-hydroxylation sites is 1. The summed E-state index contributed by atoms with van der Waals surface area (Å²) in [5, 5.41) is 29.2. The highest BCUT2D eigenvalue weighted by Gasteiger charge is 2.14. The lowest BCUT2D eigenvalue weighted by Crippen LogP contribution is -2.32. The average Bonchev–Trinajstić information content (AvgIpc) is 2.80. The van der Waals surface area contributed by atoms with E-state index < -0.39 is 28.2 Å². The molecular formula is C23H17N4O5-. The normalized spacial score (nSPS) is 11.2. The van der Waals surface area contributed by atoms with Crippen LogP contribution in [-0.4, -0.2) is 23.0 Å². The van der Waals surface area contributed by atoms with Gasteiger partial charge in [-0.3, -0.25) is 19.7 Å². The molecule has 0 bridgehead atoms. The zero-order valence-electron chi connectivity index (χ0n) is 16.6. The molecule has 0 spiro atoms. The molecule has 0 aromatic heterocycles. The summed E-state index contributed by atoms with van der Waals surface area (Å²) in [5.74, 6) is -2.06. The number of rotatable bonds is 7. The van der Waals surface area contributed by atoms with Gasteiger partial charge in [0.05, 0.1) is 11.1 Å². The molecule has 0 aliphatic rings. The minimum absolute atomic E-state index is 0.0681. The number of nitro benzene ring substituents is 1. The summed E-state index contributed by atoms with van der Waals surface area (Å²) in [6.07, 6.45) is 2.48. The first-order valence-corrected chi connectivity index (χ1v) is 9.36. The van der Waals surface area contributed by atoms with E-state index in [1.165, 1.54) is 18.2 Å². The molecule has 0 atom stereocenters. The van der Waals surface area contributed by atoms with E-state index in [9.17, 15) is 24.8 Å². The largest absolute Gasteiger partial charge is 0.867 e. The number of hydrogen-bond acceptors (Lipinski definition) is 6. The Morgan fingerprint density at radius 1 is 0.906 bits per heavy atom. The summed E-state index contributed by atoms with van der Waals surface area (Å²) < 4.78 is 0. The standard InChI is InChI=1S/C23H18N4O5/c28-21-18(12-7-13-20(21)27(31)32)15-24-26-23(30)19(14-16-8-3-1-4-9-16)25-22(29)17-10-5-2-6-11-17/h1-15,28H,(H,25,29)(H,26,30)/p-1/b19-14-,24-15-. The fourth-order valence-electron chi connectivity index (χ4n) is 2.67. The number of nitrogens with one attached hydrogen (secondary N) is 2. The first-order chi connectivity index (χ1) is 15.5. The van der Waals surface area contributed by atoms with Crippen LogP contribution < -0.4 is 15.8 Å². The Kier molecular flexibility index (Phi) is 7.05. The fraction of sp³-hybridized carbons (Fsp3) is 0. The number of hydrazone groups is 1. The molecule has 9 heteroatoms. The fourth-order valence-corrected chi connectivity index (χ4v) is 2.67. The van der Waals surface area contributed by atoms with Crippen LogP contribution >= 0.6 is 0 Å². The lowest BCUT2D eigenvalue weighted by Gasteiger charge is -2.10. The quantitative estimate of drug-likeness (QED) is 0.257. The van der Waals surface area contributed by atoms with E-state index in [4.69, 9.17) is 0 Å². The van der Waals surface area contributed by atoms with E-state index in [-0.39, 0.29) is 11.3 Å². The summed E-state index contributed by atoms with van der Waals surface area (Å²) in [7, 11) is 0. The van der Waals surface area contributed by atoms with Crippen LogP contribution in [0.2, 0.25) is 0 Å². The van der Waals surface area contributed by atoms with Gasteiger partial charge in [-0.25, -0.2) is 5.43 Å². The molecule has 0 fully saturated rings. The number of amides is 2. The highest BCUT2D eigenvalue weighted by atomic mass is 16.6. The highest BCUT2D eigenvalue weighted by Crippen LogP contribution is 2.25.